The number of rotatable bonds is 6. The molecule has 136 valence electrons. The van der Waals surface area contributed by atoms with Gasteiger partial charge in [0.25, 0.3) is 0 Å². The summed E-state index contributed by atoms with van der Waals surface area (Å²) in [7, 11) is 0. The van der Waals surface area contributed by atoms with Gasteiger partial charge in [-0.05, 0) is 37.1 Å². The van der Waals surface area contributed by atoms with Crippen LogP contribution in [0.25, 0.3) is 11.0 Å². The van der Waals surface area contributed by atoms with Crippen LogP contribution in [0.3, 0.4) is 0 Å². The van der Waals surface area contributed by atoms with Gasteiger partial charge in [-0.15, -0.1) is 0 Å². The number of pyridine rings is 1. The molecule has 0 radical (unpaired) electrons. The predicted octanol–water partition coefficient (Wildman–Crippen LogP) is 3.50. The van der Waals surface area contributed by atoms with Crippen molar-refractivity contribution in [1.29, 1.82) is 0 Å². The van der Waals surface area contributed by atoms with E-state index in [-0.39, 0.29) is 18.9 Å². The number of unbranched alkanes of at least 4 members (excludes halogenated alkanes) is 1. The second-order valence-electron chi connectivity index (χ2n) is 5.75. The smallest absolute Gasteiger partial charge is 0.326 e. The summed E-state index contributed by atoms with van der Waals surface area (Å²) in [5.74, 6) is 0.656. The number of nitrogens with zero attached hydrogens (tertiary/aromatic N) is 4. The fourth-order valence-corrected chi connectivity index (χ4v) is 2.79. The van der Waals surface area contributed by atoms with Gasteiger partial charge < -0.3 is 9.55 Å². The van der Waals surface area contributed by atoms with Crippen LogP contribution in [-0.2, 0) is 13.1 Å². The van der Waals surface area contributed by atoms with Crippen LogP contribution in [-0.4, -0.2) is 30.8 Å². The molecule has 1 N–H and O–H groups in total. The van der Waals surface area contributed by atoms with Gasteiger partial charge in [-0.1, -0.05) is 11.6 Å². The Hall–Kier alpha value is -2.67. The van der Waals surface area contributed by atoms with Gasteiger partial charge in [0.2, 0.25) is 0 Å². The molecule has 0 saturated heterocycles. The zero-order valence-electron chi connectivity index (χ0n) is 14.1. The van der Waals surface area contributed by atoms with Crippen molar-refractivity contribution in [3.8, 4) is 0 Å². The van der Waals surface area contributed by atoms with E-state index >= 15 is 0 Å². The van der Waals surface area contributed by atoms with Crippen LogP contribution in [0.15, 0.2) is 53.8 Å². The van der Waals surface area contributed by atoms with Crippen molar-refractivity contribution in [2.24, 2.45) is 0 Å². The SMILES string of the molecule is O=c1[nH]c2ccncc2n1Cc1nccc(Cl)cccn1CCCCF. The summed E-state index contributed by atoms with van der Waals surface area (Å²) in [5, 5.41) is 0.545. The lowest BCUT2D eigenvalue weighted by molar-refractivity contribution is 0.442. The first-order chi connectivity index (χ1) is 12.7. The molecule has 3 heterocycles. The molecule has 0 unspecified atom stereocenters. The van der Waals surface area contributed by atoms with Gasteiger partial charge >= 0.3 is 5.69 Å². The summed E-state index contributed by atoms with van der Waals surface area (Å²) in [6.07, 6.45) is 7.85. The molecule has 3 aromatic heterocycles. The van der Waals surface area contributed by atoms with Crippen LogP contribution in [0.5, 0.6) is 0 Å². The number of imidazole rings is 1. The summed E-state index contributed by atoms with van der Waals surface area (Å²) in [4.78, 5) is 23.7. The number of aryl methyl sites for hydroxylation is 1. The van der Waals surface area contributed by atoms with E-state index in [1.807, 2.05) is 16.8 Å². The van der Waals surface area contributed by atoms with Crippen LogP contribution in [0, 0.1) is 0 Å². The lowest BCUT2D eigenvalue weighted by atomic mass is 10.3. The Morgan fingerprint density at radius 2 is 2.08 bits per heavy atom. The second-order valence-corrected chi connectivity index (χ2v) is 6.19. The van der Waals surface area contributed by atoms with E-state index in [4.69, 9.17) is 11.6 Å². The highest BCUT2D eigenvalue weighted by molar-refractivity contribution is 6.30. The quantitative estimate of drug-likeness (QED) is 0.670. The highest BCUT2D eigenvalue weighted by Crippen LogP contribution is 2.10. The molecule has 0 aliphatic rings. The average molecular weight is 376 g/mol. The Labute approximate surface area is 154 Å². The van der Waals surface area contributed by atoms with Gasteiger partial charge in [0.1, 0.15) is 5.82 Å². The third-order valence-electron chi connectivity index (χ3n) is 3.97. The number of H-pyrrole nitrogens is 1. The maximum absolute atomic E-state index is 12.5. The van der Waals surface area contributed by atoms with Crippen LogP contribution < -0.4 is 5.69 Å². The van der Waals surface area contributed by atoms with Crippen molar-refractivity contribution in [2.75, 3.05) is 6.67 Å². The number of aromatic nitrogens is 5. The molecule has 26 heavy (non-hydrogen) atoms. The van der Waals surface area contributed by atoms with Gasteiger partial charge in [0.15, 0.2) is 0 Å². The molecule has 8 heteroatoms. The fourth-order valence-electron chi connectivity index (χ4n) is 2.66. The molecule has 0 fully saturated rings. The lowest BCUT2D eigenvalue weighted by Crippen LogP contribution is -2.20. The largest absolute Gasteiger partial charge is 0.335 e. The molecule has 0 amide bonds. The van der Waals surface area contributed by atoms with E-state index in [0.29, 0.717) is 41.3 Å². The van der Waals surface area contributed by atoms with Gasteiger partial charge in [0, 0.05) is 30.2 Å². The van der Waals surface area contributed by atoms with E-state index < -0.39 is 0 Å². The highest BCUT2D eigenvalue weighted by atomic mass is 35.5. The number of alkyl halides is 1. The fraction of sp³-hybridized carbons (Fsp3) is 0.278. The van der Waals surface area contributed by atoms with Crippen LogP contribution in [0.1, 0.15) is 18.7 Å². The zero-order chi connectivity index (χ0) is 18.4. The summed E-state index contributed by atoms with van der Waals surface area (Å²) in [6.45, 7) is 0.490. The van der Waals surface area contributed by atoms with E-state index in [0.717, 1.165) is 0 Å². The molecule has 0 aromatic carbocycles. The molecule has 0 bridgehead atoms. The van der Waals surface area contributed by atoms with E-state index in [2.05, 4.69) is 15.0 Å². The maximum Gasteiger partial charge on any atom is 0.326 e. The normalized spacial score (nSPS) is 10.8. The second kappa shape index (κ2) is 8.62. The number of halogens is 2. The zero-order valence-corrected chi connectivity index (χ0v) is 14.9. The highest BCUT2D eigenvalue weighted by Gasteiger charge is 2.09. The molecular weight excluding hydrogens is 357 g/mol. The van der Waals surface area contributed by atoms with Crippen LogP contribution in [0.4, 0.5) is 4.39 Å². The standard InChI is InChI=1S/C18H19ClFN5O/c19-14-4-3-11-24(10-2-1-7-20)17(22-9-5-14)13-25-16-12-21-8-6-15(16)23-18(25)26/h3-6,8-9,11-12H,1-2,7,10,13H2,(H,23,26). The summed E-state index contributed by atoms with van der Waals surface area (Å²) in [6, 6.07) is 6.99. The number of nitrogens with one attached hydrogen (secondary N) is 1. The minimum atomic E-state index is -0.358. The molecule has 3 aromatic rings. The monoisotopic (exact) mass is 375 g/mol. The maximum atomic E-state index is 12.5. The molecule has 0 saturated carbocycles. The van der Waals surface area contributed by atoms with Crippen molar-refractivity contribution in [3.05, 3.63) is 70.4 Å². The molecule has 6 nitrogen and oxygen atoms in total. The van der Waals surface area contributed by atoms with Gasteiger partial charge in [0.05, 0.1) is 30.4 Å². The number of fused-ring (bicyclic) bond motifs is 1. The van der Waals surface area contributed by atoms with E-state index in [1.165, 1.54) is 0 Å². The Kier molecular flexibility index (Phi) is 6.01. The number of hydrogen-bond donors (Lipinski definition) is 1. The number of hydrogen-bond acceptors (Lipinski definition) is 3. The molecule has 3 rings (SSSR count). The van der Waals surface area contributed by atoms with Crippen molar-refractivity contribution in [1.82, 2.24) is 24.1 Å². The van der Waals surface area contributed by atoms with Crippen molar-refractivity contribution in [3.63, 3.8) is 0 Å². The van der Waals surface area contributed by atoms with Gasteiger partial charge in [-0.25, -0.2) is 9.78 Å². The Morgan fingerprint density at radius 1 is 1.19 bits per heavy atom. The molecular formula is C18H19ClFN5O. The summed E-state index contributed by atoms with van der Waals surface area (Å²) < 4.78 is 16.0. The van der Waals surface area contributed by atoms with Crippen LogP contribution in [0.2, 0.25) is 5.02 Å². The predicted molar refractivity (Wildman–Crippen MR) is 99.5 cm³/mol. The molecule has 0 aliphatic heterocycles. The minimum Gasteiger partial charge on any atom is -0.335 e. The Balaban J connectivity index is 2.06. The Morgan fingerprint density at radius 3 is 2.92 bits per heavy atom. The topological polar surface area (TPSA) is 68.5 Å². The minimum absolute atomic E-state index is 0.233. The van der Waals surface area contributed by atoms with E-state index in [1.54, 1.807) is 41.4 Å². The average Bonchev–Trinajstić information content (AvgIpc) is 2.98. The van der Waals surface area contributed by atoms with Crippen LogP contribution >= 0.6 is 11.6 Å². The summed E-state index contributed by atoms with van der Waals surface area (Å²) >= 11 is 6.05. The van der Waals surface area contributed by atoms with Gasteiger partial charge in [-0.2, -0.15) is 0 Å². The van der Waals surface area contributed by atoms with Crippen molar-refractivity contribution in [2.45, 2.75) is 25.9 Å². The lowest BCUT2D eigenvalue weighted by Gasteiger charge is -2.11. The first kappa shape index (κ1) is 18.1. The first-order valence-electron chi connectivity index (χ1n) is 8.31. The Bertz CT molecular complexity index is 992. The molecule has 0 atom stereocenters. The van der Waals surface area contributed by atoms with Gasteiger partial charge in [-0.3, -0.25) is 13.9 Å². The van der Waals surface area contributed by atoms with Crippen molar-refractivity contribution >= 4 is 22.6 Å². The third-order valence-corrected chi connectivity index (χ3v) is 4.22. The molecule has 0 spiro atoms. The number of aromatic amines is 1. The molecule has 0 aliphatic carbocycles. The third kappa shape index (κ3) is 4.29. The van der Waals surface area contributed by atoms with E-state index in [9.17, 15) is 9.18 Å². The summed E-state index contributed by atoms with van der Waals surface area (Å²) in [5.41, 5.74) is 1.18. The first-order valence-corrected chi connectivity index (χ1v) is 8.69. The van der Waals surface area contributed by atoms with Crippen molar-refractivity contribution < 1.29 is 4.39 Å².